The van der Waals surface area contributed by atoms with Crippen molar-refractivity contribution in [1.82, 2.24) is 4.31 Å². The number of hydrogen-bond acceptors (Lipinski definition) is 5. The molecule has 0 amide bonds. The molecule has 0 saturated carbocycles. The summed E-state index contributed by atoms with van der Waals surface area (Å²) in [4.78, 5) is 22.7. The number of carbonyl (C=O) groups is 2. The molecule has 1 N–H and O–H groups in total. The molecule has 1 aromatic carbocycles. The van der Waals surface area contributed by atoms with Gasteiger partial charge in [-0.25, -0.2) is 13.2 Å². The lowest BCUT2D eigenvalue weighted by Crippen LogP contribution is -2.51. The molecule has 20 heavy (non-hydrogen) atoms. The lowest BCUT2D eigenvalue weighted by molar-refractivity contribution is 0.00673. The van der Waals surface area contributed by atoms with Crippen molar-refractivity contribution in [2.45, 2.75) is 11.1 Å². The predicted molar refractivity (Wildman–Crippen MR) is 67.8 cm³/mol. The lowest BCUT2D eigenvalue weighted by atomic mass is 10.1. The molecule has 0 aromatic heterocycles. The molecule has 1 aliphatic heterocycles. The highest BCUT2D eigenvalue weighted by atomic mass is 32.2. The lowest BCUT2D eigenvalue weighted by Gasteiger charge is -2.32. The number of Topliss-reactive ketones (excluding diaryl/α,β-unsaturated/α-hetero) is 1. The number of fused-ring (bicyclic) bond motifs is 1. The molecule has 2 rings (SSSR count). The highest BCUT2D eigenvalue weighted by Gasteiger charge is 2.45. The van der Waals surface area contributed by atoms with Crippen LogP contribution in [0.25, 0.3) is 0 Å². The minimum Gasteiger partial charge on any atom is -0.450 e. The molecule has 0 bridgehead atoms. The van der Waals surface area contributed by atoms with E-state index in [0.29, 0.717) is 4.31 Å². The fourth-order valence-corrected chi connectivity index (χ4v) is 3.58. The summed E-state index contributed by atoms with van der Waals surface area (Å²) in [6.45, 7) is 3.16. The maximum Gasteiger partial charge on any atom is 0.507 e. The van der Waals surface area contributed by atoms with Gasteiger partial charge in [0, 0.05) is 12.1 Å². The minimum absolute atomic E-state index is 0.0842. The smallest absolute Gasteiger partial charge is 0.450 e. The van der Waals surface area contributed by atoms with Crippen LogP contribution in [0.3, 0.4) is 0 Å². The van der Waals surface area contributed by atoms with E-state index in [1.54, 1.807) is 0 Å². The Balaban J connectivity index is 2.63. The molecular formula is C12H11NO6S. The quantitative estimate of drug-likeness (QED) is 0.661. The van der Waals surface area contributed by atoms with Gasteiger partial charge in [-0.05, 0) is 12.1 Å². The maximum absolute atomic E-state index is 12.4. The first-order valence-corrected chi connectivity index (χ1v) is 6.99. The first kappa shape index (κ1) is 14.2. The molecule has 0 saturated heterocycles. The van der Waals surface area contributed by atoms with E-state index in [9.17, 15) is 18.0 Å². The van der Waals surface area contributed by atoms with Gasteiger partial charge < -0.3 is 9.84 Å². The van der Waals surface area contributed by atoms with Crippen LogP contribution in [0.1, 0.15) is 10.4 Å². The van der Waals surface area contributed by atoms with E-state index in [2.05, 4.69) is 11.3 Å². The van der Waals surface area contributed by atoms with Crippen molar-refractivity contribution < 1.29 is 27.9 Å². The summed E-state index contributed by atoms with van der Waals surface area (Å²) in [5.41, 5.74) is -0.0842. The first-order valence-electron chi connectivity index (χ1n) is 5.55. The van der Waals surface area contributed by atoms with Crippen LogP contribution in [0, 0.1) is 0 Å². The fourth-order valence-electron chi connectivity index (χ4n) is 1.94. The van der Waals surface area contributed by atoms with Crippen LogP contribution < -0.4 is 0 Å². The molecule has 0 radical (unpaired) electrons. The van der Waals surface area contributed by atoms with Crippen LogP contribution in [0.2, 0.25) is 0 Å². The monoisotopic (exact) mass is 297 g/mol. The molecule has 8 heteroatoms. The number of rotatable bonds is 3. The Hall–Kier alpha value is -2.19. The second kappa shape index (κ2) is 5.06. The fraction of sp³-hybridized carbons (Fsp3) is 0.167. The van der Waals surface area contributed by atoms with Crippen molar-refractivity contribution in [1.29, 1.82) is 0 Å². The molecule has 1 heterocycles. The van der Waals surface area contributed by atoms with Gasteiger partial charge in [0.05, 0.1) is 4.90 Å². The Morgan fingerprint density at radius 1 is 1.45 bits per heavy atom. The molecule has 0 spiro atoms. The van der Waals surface area contributed by atoms with Crippen LogP contribution in [-0.4, -0.2) is 42.5 Å². The van der Waals surface area contributed by atoms with E-state index in [1.165, 1.54) is 30.3 Å². The minimum atomic E-state index is -4.02. The van der Waals surface area contributed by atoms with Gasteiger partial charge in [-0.3, -0.25) is 4.79 Å². The summed E-state index contributed by atoms with van der Waals surface area (Å²) in [7, 11) is -4.02. The summed E-state index contributed by atoms with van der Waals surface area (Å²) in [6, 6.07) is 5.58. The average Bonchev–Trinajstić information content (AvgIpc) is 2.40. The van der Waals surface area contributed by atoms with Gasteiger partial charge in [0.15, 0.2) is 0 Å². The first-order chi connectivity index (χ1) is 9.39. The van der Waals surface area contributed by atoms with Crippen molar-refractivity contribution in [2.24, 2.45) is 0 Å². The van der Waals surface area contributed by atoms with E-state index >= 15 is 0 Å². The zero-order valence-electron chi connectivity index (χ0n) is 10.2. The summed E-state index contributed by atoms with van der Waals surface area (Å²) in [6.07, 6.45) is -2.21. The van der Waals surface area contributed by atoms with E-state index in [0.717, 1.165) is 0 Å². The van der Waals surface area contributed by atoms with Crippen LogP contribution in [0.15, 0.2) is 41.8 Å². The highest BCUT2D eigenvalue weighted by molar-refractivity contribution is 7.89. The molecule has 1 unspecified atom stereocenters. The maximum atomic E-state index is 12.4. The molecule has 7 nitrogen and oxygen atoms in total. The van der Waals surface area contributed by atoms with Gasteiger partial charge in [-0.1, -0.05) is 18.2 Å². The Morgan fingerprint density at radius 3 is 2.70 bits per heavy atom. The van der Waals surface area contributed by atoms with Crippen LogP contribution in [-0.2, 0) is 14.8 Å². The number of carboxylic acid groups (broad SMARTS) is 1. The molecule has 106 valence electrons. The third-order valence-corrected chi connectivity index (χ3v) is 4.62. The molecule has 1 aromatic rings. The van der Waals surface area contributed by atoms with Crippen LogP contribution in [0.4, 0.5) is 4.79 Å². The number of ketones is 1. The van der Waals surface area contributed by atoms with Gasteiger partial charge >= 0.3 is 6.16 Å². The average molecular weight is 297 g/mol. The number of benzene rings is 1. The SMILES string of the molecule is C=CCN1C(OC(=O)O)C(=O)c2ccccc2S1(=O)=O. The van der Waals surface area contributed by atoms with E-state index in [-0.39, 0.29) is 17.0 Å². The summed E-state index contributed by atoms with van der Waals surface area (Å²) in [5, 5.41) is 8.67. The zero-order valence-corrected chi connectivity index (χ0v) is 11.0. The number of nitrogens with zero attached hydrogens (tertiary/aromatic N) is 1. The van der Waals surface area contributed by atoms with Crippen molar-refractivity contribution in [2.75, 3.05) is 6.54 Å². The summed E-state index contributed by atoms with van der Waals surface area (Å²) < 4.78 is 29.9. The van der Waals surface area contributed by atoms with E-state index in [1.807, 2.05) is 0 Å². The van der Waals surface area contributed by atoms with Gasteiger partial charge in [0.25, 0.3) is 0 Å². The van der Waals surface area contributed by atoms with Crippen LogP contribution in [0.5, 0.6) is 0 Å². The van der Waals surface area contributed by atoms with Crippen molar-refractivity contribution in [3.8, 4) is 0 Å². The topological polar surface area (TPSA) is 101 Å². The van der Waals surface area contributed by atoms with Crippen LogP contribution >= 0.6 is 0 Å². The summed E-state index contributed by atoms with van der Waals surface area (Å²) in [5.74, 6) is -0.723. The molecular weight excluding hydrogens is 286 g/mol. The van der Waals surface area contributed by atoms with Crippen molar-refractivity contribution in [3.05, 3.63) is 42.5 Å². The van der Waals surface area contributed by atoms with Gasteiger partial charge in [0.1, 0.15) is 0 Å². The second-order valence-electron chi connectivity index (χ2n) is 3.96. The Morgan fingerprint density at radius 2 is 2.10 bits per heavy atom. The van der Waals surface area contributed by atoms with E-state index in [4.69, 9.17) is 5.11 Å². The molecule has 1 atom stereocenters. The zero-order chi connectivity index (χ0) is 14.9. The molecule has 0 aliphatic carbocycles. The van der Waals surface area contributed by atoms with Crippen molar-refractivity contribution in [3.63, 3.8) is 0 Å². The molecule has 1 aliphatic rings. The Labute approximate surface area is 115 Å². The third kappa shape index (κ3) is 2.19. The predicted octanol–water partition coefficient (Wildman–Crippen LogP) is 1.08. The largest absolute Gasteiger partial charge is 0.507 e. The number of hydrogen-bond donors (Lipinski definition) is 1. The van der Waals surface area contributed by atoms with Gasteiger partial charge in [-0.15, -0.1) is 10.9 Å². The Kier molecular flexibility index (Phi) is 3.60. The molecule has 0 fully saturated rings. The van der Waals surface area contributed by atoms with Crippen molar-refractivity contribution >= 4 is 22.0 Å². The Bertz CT molecular complexity index is 681. The summed E-state index contributed by atoms with van der Waals surface area (Å²) >= 11 is 0. The normalized spacial score (nSPS) is 21.0. The van der Waals surface area contributed by atoms with Gasteiger partial charge in [0.2, 0.25) is 22.0 Å². The number of ether oxygens (including phenoxy) is 1. The van der Waals surface area contributed by atoms with E-state index < -0.39 is 28.2 Å². The number of carbonyl (C=O) groups excluding carboxylic acids is 1. The number of sulfonamides is 1. The third-order valence-electron chi connectivity index (χ3n) is 2.75. The second-order valence-corrected chi connectivity index (χ2v) is 5.82. The highest BCUT2D eigenvalue weighted by Crippen LogP contribution is 2.30. The van der Waals surface area contributed by atoms with Gasteiger partial charge in [-0.2, -0.15) is 0 Å². The standard InChI is InChI=1S/C12H11NO6S/c1-2-7-13-11(19-12(15)16)10(14)8-5-3-4-6-9(8)20(13,17)18/h2-6,11H,1,7H2,(H,15,16).